The van der Waals surface area contributed by atoms with Crippen LogP contribution in [0.4, 0.5) is 5.82 Å². The zero-order chi connectivity index (χ0) is 22.4. The fourth-order valence-electron chi connectivity index (χ4n) is 3.41. The third-order valence-corrected chi connectivity index (χ3v) is 5.33. The summed E-state index contributed by atoms with van der Waals surface area (Å²) >= 11 is 0. The lowest BCUT2D eigenvalue weighted by molar-refractivity contribution is -0.117. The van der Waals surface area contributed by atoms with Crippen LogP contribution in [0.3, 0.4) is 0 Å². The van der Waals surface area contributed by atoms with Gasteiger partial charge in [-0.05, 0) is 57.1 Å². The highest BCUT2D eigenvalue weighted by Gasteiger charge is 2.20. The Morgan fingerprint density at radius 1 is 1.23 bits per heavy atom. The summed E-state index contributed by atoms with van der Waals surface area (Å²) in [6.07, 6.45) is 1.61. The molecule has 31 heavy (non-hydrogen) atoms. The second kappa shape index (κ2) is 10.0. The summed E-state index contributed by atoms with van der Waals surface area (Å²) in [4.78, 5) is 14.6. The molecule has 0 bridgehead atoms. The Morgan fingerprint density at radius 3 is 2.68 bits per heavy atom. The summed E-state index contributed by atoms with van der Waals surface area (Å²) in [6.45, 7) is 7.52. The number of nitriles is 1. The first kappa shape index (κ1) is 22.2. The Balaban J connectivity index is 1.62. The predicted molar refractivity (Wildman–Crippen MR) is 119 cm³/mol. The van der Waals surface area contributed by atoms with Crippen LogP contribution in [0.1, 0.15) is 28.1 Å². The Hall–Kier alpha value is -3.50. The second-order valence-corrected chi connectivity index (χ2v) is 7.61. The minimum atomic E-state index is -0.187. The van der Waals surface area contributed by atoms with Crippen molar-refractivity contribution >= 4 is 11.7 Å². The molecule has 0 atom stereocenters. The SMILES string of the molecule is Cc1ccccc1OCCN(C)CC(=O)Nc1c(C#N)c(C)c(C)n1Cc1ccco1. The molecule has 7 nitrogen and oxygen atoms in total. The van der Waals surface area contributed by atoms with Crippen LogP contribution in [0.2, 0.25) is 0 Å². The molecule has 0 saturated heterocycles. The molecule has 0 aliphatic rings. The fraction of sp³-hybridized carbons (Fsp3) is 0.333. The lowest BCUT2D eigenvalue weighted by Crippen LogP contribution is -2.33. The molecule has 1 amide bonds. The number of rotatable bonds is 9. The number of aromatic nitrogens is 1. The monoisotopic (exact) mass is 420 g/mol. The molecule has 2 aromatic heterocycles. The minimum Gasteiger partial charge on any atom is -0.492 e. The third kappa shape index (κ3) is 5.36. The predicted octanol–water partition coefficient (Wildman–Crippen LogP) is 3.88. The molecule has 162 valence electrons. The molecule has 3 rings (SSSR count). The summed E-state index contributed by atoms with van der Waals surface area (Å²) < 4.78 is 13.2. The van der Waals surface area contributed by atoms with Crippen molar-refractivity contribution in [2.45, 2.75) is 27.3 Å². The quantitative estimate of drug-likeness (QED) is 0.568. The van der Waals surface area contributed by atoms with Crippen LogP contribution in [0.15, 0.2) is 47.1 Å². The van der Waals surface area contributed by atoms with Gasteiger partial charge < -0.3 is 19.0 Å². The first-order valence-electron chi connectivity index (χ1n) is 10.2. The van der Waals surface area contributed by atoms with Crippen molar-refractivity contribution in [3.05, 3.63) is 70.8 Å². The van der Waals surface area contributed by atoms with Crippen molar-refractivity contribution in [3.8, 4) is 11.8 Å². The molecule has 0 unspecified atom stereocenters. The first-order chi connectivity index (χ1) is 14.9. The number of hydrogen-bond acceptors (Lipinski definition) is 5. The van der Waals surface area contributed by atoms with E-state index < -0.39 is 0 Å². The van der Waals surface area contributed by atoms with Crippen LogP contribution >= 0.6 is 0 Å². The third-order valence-electron chi connectivity index (χ3n) is 5.33. The Bertz CT molecular complexity index is 1080. The number of aryl methyl sites for hydroxylation is 1. The summed E-state index contributed by atoms with van der Waals surface area (Å²) in [5.74, 6) is 1.92. The maximum atomic E-state index is 12.7. The van der Waals surface area contributed by atoms with Gasteiger partial charge in [-0.15, -0.1) is 0 Å². The topological polar surface area (TPSA) is 83.4 Å². The van der Waals surface area contributed by atoms with Gasteiger partial charge in [0.05, 0.1) is 24.9 Å². The number of amides is 1. The average Bonchev–Trinajstić information content (AvgIpc) is 3.32. The number of hydrogen-bond donors (Lipinski definition) is 1. The van der Waals surface area contributed by atoms with Gasteiger partial charge in [-0.1, -0.05) is 18.2 Å². The molecule has 1 aromatic carbocycles. The average molecular weight is 421 g/mol. The van der Waals surface area contributed by atoms with E-state index in [1.807, 2.05) is 73.7 Å². The number of carbonyl (C=O) groups is 1. The lowest BCUT2D eigenvalue weighted by Gasteiger charge is -2.18. The number of para-hydroxylation sites is 1. The summed E-state index contributed by atoms with van der Waals surface area (Å²) in [7, 11) is 1.87. The molecule has 0 aliphatic heterocycles. The van der Waals surface area contributed by atoms with Crippen molar-refractivity contribution in [2.75, 3.05) is 32.1 Å². The van der Waals surface area contributed by atoms with Gasteiger partial charge in [0.2, 0.25) is 5.91 Å². The second-order valence-electron chi connectivity index (χ2n) is 7.61. The number of nitrogens with one attached hydrogen (secondary N) is 1. The van der Waals surface area contributed by atoms with Gasteiger partial charge >= 0.3 is 0 Å². The van der Waals surface area contributed by atoms with Crippen molar-refractivity contribution in [1.29, 1.82) is 5.26 Å². The molecule has 7 heteroatoms. The van der Waals surface area contributed by atoms with E-state index in [1.165, 1.54) is 0 Å². The smallest absolute Gasteiger partial charge is 0.239 e. The Morgan fingerprint density at radius 2 is 2.00 bits per heavy atom. The van der Waals surface area contributed by atoms with Gasteiger partial charge in [0, 0.05) is 12.2 Å². The van der Waals surface area contributed by atoms with Crippen LogP contribution in [0.5, 0.6) is 5.75 Å². The number of likely N-dealkylation sites (N-methyl/N-ethyl adjacent to an activating group) is 1. The molecule has 1 N–H and O–H groups in total. The number of furan rings is 1. The van der Waals surface area contributed by atoms with E-state index in [4.69, 9.17) is 9.15 Å². The van der Waals surface area contributed by atoms with Crippen molar-refractivity contribution < 1.29 is 13.9 Å². The maximum absolute atomic E-state index is 12.7. The molecule has 0 spiro atoms. The highest BCUT2D eigenvalue weighted by atomic mass is 16.5. The number of anilines is 1. The van der Waals surface area contributed by atoms with Crippen LogP contribution in [0, 0.1) is 32.1 Å². The van der Waals surface area contributed by atoms with Crippen LogP contribution in [0.25, 0.3) is 0 Å². The van der Waals surface area contributed by atoms with Crippen LogP contribution < -0.4 is 10.1 Å². The van der Waals surface area contributed by atoms with Gasteiger partial charge in [-0.2, -0.15) is 5.26 Å². The first-order valence-corrected chi connectivity index (χ1v) is 10.2. The van der Waals surface area contributed by atoms with Gasteiger partial charge in [-0.3, -0.25) is 9.69 Å². The van der Waals surface area contributed by atoms with Gasteiger partial charge in [0.1, 0.15) is 30.0 Å². The van der Waals surface area contributed by atoms with Crippen molar-refractivity contribution in [1.82, 2.24) is 9.47 Å². The Labute approximate surface area is 182 Å². The highest BCUT2D eigenvalue weighted by Crippen LogP contribution is 2.27. The number of nitrogens with zero attached hydrogens (tertiary/aromatic N) is 3. The van der Waals surface area contributed by atoms with E-state index in [-0.39, 0.29) is 12.5 Å². The maximum Gasteiger partial charge on any atom is 0.239 e. The zero-order valence-corrected chi connectivity index (χ0v) is 18.4. The van der Waals surface area contributed by atoms with Gasteiger partial charge in [-0.25, -0.2) is 0 Å². The molecule has 0 aliphatic carbocycles. The molecule has 3 aromatic rings. The lowest BCUT2D eigenvalue weighted by atomic mass is 10.2. The minimum absolute atomic E-state index is 0.187. The Kier molecular flexibility index (Phi) is 7.16. The number of ether oxygens (including phenoxy) is 1. The van der Waals surface area contributed by atoms with Crippen molar-refractivity contribution in [3.63, 3.8) is 0 Å². The molecular weight excluding hydrogens is 392 g/mol. The van der Waals surface area contributed by atoms with E-state index in [9.17, 15) is 10.1 Å². The van der Waals surface area contributed by atoms with E-state index in [1.54, 1.807) is 6.26 Å². The zero-order valence-electron chi connectivity index (χ0n) is 18.4. The fourth-order valence-corrected chi connectivity index (χ4v) is 3.41. The summed E-state index contributed by atoms with van der Waals surface area (Å²) in [5.41, 5.74) is 3.32. The van der Waals surface area contributed by atoms with Gasteiger partial charge in [0.15, 0.2) is 0 Å². The summed E-state index contributed by atoms with van der Waals surface area (Å²) in [5, 5.41) is 12.6. The highest BCUT2D eigenvalue weighted by molar-refractivity contribution is 5.93. The largest absolute Gasteiger partial charge is 0.492 e. The van der Waals surface area contributed by atoms with Gasteiger partial charge in [0.25, 0.3) is 0 Å². The van der Waals surface area contributed by atoms with Crippen LogP contribution in [-0.2, 0) is 11.3 Å². The van der Waals surface area contributed by atoms with Crippen LogP contribution in [-0.4, -0.2) is 42.1 Å². The molecular formula is C24H28N4O3. The normalized spacial score (nSPS) is 10.8. The van der Waals surface area contributed by atoms with E-state index >= 15 is 0 Å². The van der Waals surface area contributed by atoms with E-state index in [0.29, 0.717) is 31.1 Å². The van der Waals surface area contributed by atoms with E-state index in [2.05, 4.69) is 11.4 Å². The molecule has 0 saturated carbocycles. The molecule has 2 heterocycles. The standard InChI is InChI=1S/C24H28N4O3/c1-17-8-5-6-10-22(17)31-13-11-27(4)16-23(29)26-24-21(14-25)18(2)19(3)28(24)15-20-9-7-12-30-20/h5-10,12H,11,13,15-16H2,1-4H3,(H,26,29). The van der Waals surface area contributed by atoms with E-state index in [0.717, 1.165) is 28.3 Å². The number of benzene rings is 1. The molecule has 0 fully saturated rings. The molecule has 0 radical (unpaired) electrons. The summed E-state index contributed by atoms with van der Waals surface area (Å²) in [6, 6.07) is 13.8. The van der Waals surface area contributed by atoms with Crippen molar-refractivity contribution in [2.24, 2.45) is 0 Å². The number of carbonyl (C=O) groups excluding carboxylic acids is 1.